The average Bonchev–Trinajstić information content (AvgIpc) is 2.74. The summed E-state index contributed by atoms with van der Waals surface area (Å²) in [5, 5.41) is 0. The van der Waals surface area contributed by atoms with Crippen molar-refractivity contribution in [1.82, 2.24) is 4.90 Å². The Kier molecular flexibility index (Phi) is 26.5. The Balaban J connectivity index is 3.03. The SMILES string of the molecule is C=CCN(C)CCCCCCCCCCCCCCCCCCCCCCCCC. The van der Waals surface area contributed by atoms with Crippen molar-refractivity contribution < 1.29 is 0 Å². The van der Waals surface area contributed by atoms with Gasteiger partial charge in [-0.3, -0.25) is 0 Å². The van der Waals surface area contributed by atoms with E-state index in [1.54, 1.807) is 0 Å². The van der Waals surface area contributed by atoms with Gasteiger partial charge in [-0.2, -0.15) is 0 Å². The minimum Gasteiger partial charge on any atom is -0.303 e. The van der Waals surface area contributed by atoms with Crippen LogP contribution in [-0.4, -0.2) is 25.0 Å². The smallest absolute Gasteiger partial charge is 0.0157 e. The maximum absolute atomic E-state index is 3.80. The molecule has 0 aromatic heterocycles. The van der Waals surface area contributed by atoms with Gasteiger partial charge in [-0.1, -0.05) is 154 Å². The minimum absolute atomic E-state index is 1.03. The molecule has 0 atom stereocenters. The highest BCUT2D eigenvalue weighted by Crippen LogP contribution is 2.15. The monoisotopic (exact) mass is 421 g/mol. The number of likely N-dealkylation sites (N-methyl/N-ethyl adjacent to an activating group) is 1. The Hall–Kier alpha value is -0.300. The number of rotatable bonds is 26. The molecule has 0 bridgehead atoms. The summed E-state index contributed by atoms with van der Waals surface area (Å²) < 4.78 is 0. The summed E-state index contributed by atoms with van der Waals surface area (Å²) >= 11 is 0. The molecule has 0 spiro atoms. The molecule has 0 unspecified atom stereocenters. The molecule has 0 saturated heterocycles. The molecule has 180 valence electrons. The van der Waals surface area contributed by atoms with Crippen molar-refractivity contribution in [3.05, 3.63) is 12.7 Å². The molecule has 0 saturated carbocycles. The lowest BCUT2D eigenvalue weighted by molar-refractivity contribution is 0.356. The molecule has 0 heterocycles. The first-order valence-electron chi connectivity index (χ1n) is 14.1. The van der Waals surface area contributed by atoms with E-state index in [0.717, 1.165) is 6.54 Å². The Morgan fingerprint density at radius 1 is 0.467 bits per heavy atom. The minimum atomic E-state index is 1.03. The molecule has 0 amide bonds. The van der Waals surface area contributed by atoms with E-state index in [2.05, 4.69) is 25.5 Å². The molecule has 0 rings (SSSR count). The number of nitrogens with zero attached hydrogens (tertiary/aromatic N) is 1. The van der Waals surface area contributed by atoms with Gasteiger partial charge in [0.1, 0.15) is 0 Å². The summed E-state index contributed by atoms with van der Waals surface area (Å²) in [6.45, 7) is 8.36. The lowest BCUT2D eigenvalue weighted by Crippen LogP contribution is -2.19. The molecule has 0 N–H and O–H groups in total. The van der Waals surface area contributed by atoms with Crippen molar-refractivity contribution in [3.8, 4) is 0 Å². The lowest BCUT2D eigenvalue weighted by atomic mass is 10.0. The van der Waals surface area contributed by atoms with Gasteiger partial charge in [-0.25, -0.2) is 0 Å². The highest BCUT2D eigenvalue weighted by Gasteiger charge is 1.97. The summed E-state index contributed by atoms with van der Waals surface area (Å²) in [6.07, 6.45) is 35.6. The largest absolute Gasteiger partial charge is 0.303 e. The molecule has 1 heteroatoms. The zero-order chi connectivity index (χ0) is 22.0. The van der Waals surface area contributed by atoms with Crippen molar-refractivity contribution in [2.75, 3.05) is 20.1 Å². The van der Waals surface area contributed by atoms with E-state index in [0.29, 0.717) is 0 Å². The van der Waals surface area contributed by atoms with Crippen LogP contribution in [-0.2, 0) is 0 Å². The van der Waals surface area contributed by atoms with Crippen molar-refractivity contribution in [3.63, 3.8) is 0 Å². The first-order chi connectivity index (χ1) is 14.8. The second kappa shape index (κ2) is 26.7. The number of unbranched alkanes of at least 4 members (excludes halogenated alkanes) is 22. The van der Waals surface area contributed by atoms with E-state index in [4.69, 9.17) is 0 Å². The molecule has 0 aliphatic heterocycles. The molecule has 0 aliphatic carbocycles. The van der Waals surface area contributed by atoms with Crippen LogP contribution in [0.4, 0.5) is 0 Å². The Bertz CT molecular complexity index is 311. The third-order valence-corrected chi connectivity index (χ3v) is 6.58. The van der Waals surface area contributed by atoms with Gasteiger partial charge in [0.05, 0.1) is 0 Å². The Morgan fingerprint density at radius 3 is 1.00 bits per heavy atom. The fraction of sp³-hybridized carbons (Fsp3) is 0.931. The van der Waals surface area contributed by atoms with Gasteiger partial charge in [0, 0.05) is 6.54 Å². The maximum atomic E-state index is 3.80. The van der Waals surface area contributed by atoms with Crippen molar-refractivity contribution in [2.45, 2.75) is 155 Å². The lowest BCUT2D eigenvalue weighted by Gasteiger charge is -2.13. The van der Waals surface area contributed by atoms with Gasteiger partial charge in [-0.05, 0) is 20.0 Å². The van der Waals surface area contributed by atoms with Crippen molar-refractivity contribution in [2.24, 2.45) is 0 Å². The number of hydrogen-bond donors (Lipinski definition) is 0. The predicted octanol–water partition coefficient (Wildman–Crippen LogP) is 10.1. The second-order valence-corrected chi connectivity index (χ2v) is 9.83. The van der Waals surface area contributed by atoms with Crippen LogP contribution >= 0.6 is 0 Å². The zero-order valence-electron chi connectivity index (χ0n) is 21.4. The van der Waals surface area contributed by atoms with E-state index in [1.807, 2.05) is 6.08 Å². The molecule has 0 aromatic carbocycles. The van der Waals surface area contributed by atoms with Crippen LogP contribution in [0.5, 0.6) is 0 Å². The highest BCUT2D eigenvalue weighted by molar-refractivity contribution is 4.70. The molecule has 30 heavy (non-hydrogen) atoms. The van der Waals surface area contributed by atoms with Gasteiger partial charge < -0.3 is 4.90 Å². The highest BCUT2D eigenvalue weighted by atomic mass is 15.1. The first kappa shape index (κ1) is 29.7. The fourth-order valence-electron chi connectivity index (χ4n) is 4.48. The van der Waals surface area contributed by atoms with Crippen LogP contribution in [0.25, 0.3) is 0 Å². The molecular weight excluding hydrogens is 362 g/mol. The van der Waals surface area contributed by atoms with E-state index in [9.17, 15) is 0 Å². The molecule has 0 radical (unpaired) electrons. The zero-order valence-corrected chi connectivity index (χ0v) is 21.4. The summed E-state index contributed by atoms with van der Waals surface area (Å²) in [5.41, 5.74) is 0. The van der Waals surface area contributed by atoms with E-state index < -0.39 is 0 Å². The predicted molar refractivity (Wildman–Crippen MR) is 140 cm³/mol. The van der Waals surface area contributed by atoms with Crippen LogP contribution in [0.1, 0.15) is 155 Å². The summed E-state index contributed by atoms with van der Waals surface area (Å²) in [7, 11) is 2.19. The van der Waals surface area contributed by atoms with E-state index >= 15 is 0 Å². The first-order valence-corrected chi connectivity index (χ1v) is 14.1. The van der Waals surface area contributed by atoms with Crippen LogP contribution < -0.4 is 0 Å². The van der Waals surface area contributed by atoms with E-state index in [1.165, 1.54) is 154 Å². The molecule has 0 fully saturated rings. The van der Waals surface area contributed by atoms with Gasteiger partial charge in [0.2, 0.25) is 0 Å². The second-order valence-electron chi connectivity index (χ2n) is 9.83. The Morgan fingerprint density at radius 2 is 0.733 bits per heavy atom. The third kappa shape index (κ3) is 25.7. The van der Waals surface area contributed by atoms with Crippen LogP contribution in [0.2, 0.25) is 0 Å². The number of hydrogen-bond acceptors (Lipinski definition) is 1. The topological polar surface area (TPSA) is 3.24 Å². The van der Waals surface area contributed by atoms with Crippen LogP contribution in [0.3, 0.4) is 0 Å². The molecule has 0 aliphatic rings. The normalized spacial score (nSPS) is 11.4. The molecule has 0 aromatic rings. The average molecular weight is 422 g/mol. The summed E-state index contributed by atoms with van der Waals surface area (Å²) in [6, 6.07) is 0. The quantitative estimate of drug-likeness (QED) is 0.0991. The van der Waals surface area contributed by atoms with Crippen LogP contribution in [0.15, 0.2) is 12.7 Å². The Labute approximate surface area is 192 Å². The molecular formula is C29H59N. The third-order valence-electron chi connectivity index (χ3n) is 6.58. The van der Waals surface area contributed by atoms with Crippen molar-refractivity contribution in [1.29, 1.82) is 0 Å². The van der Waals surface area contributed by atoms with Gasteiger partial charge in [-0.15, -0.1) is 6.58 Å². The fourth-order valence-corrected chi connectivity index (χ4v) is 4.48. The van der Waals surface area contributed by atoms with Gasteiger partial charge in [0.15, 0.2) is 0 Å². The van der Waals surface area contributed by atoms with Crippen LogP contribution in [0, 0.1) is 0 Å². The summed E-state index contributed by atoms with van der Waals surface area (Å²) in [5.74, 6) is 0. The van der Waals surface area contributed by atoms with Crippen molar-refractivity contribution >= 4 is 0 Å². The van der Waals surface area contributed by atoms with Gasteiger partial charge in [0.25, 0.3) is 0 Å². The maximum Gasteiger partial charge on any atom is 0.0157 e. The summed E-state index contributed by atoms with van der Waals surface area (Å²) in [4.78, 5) is 2.37. The van der Waals surface area contributed by atoms with E-state index in [-0.39, 0.29) is 0 Å². The van der Waals surface area contributed by atoms with Gasteiger partial charge >= 0.3 is 0 Å². The standard InChI is InChI=1S/C29H59N/c1-4-6-7-8-9-10-11-12-13-14-15-16-17-18-19-20-21-22-23-24-25-26-27-29-30(3)28-5-2/h5H,2,4,6-29H2,1,3H3. The molecule has 1 nitrogen and oxygen atoms in total.